The summed E-state index contributed by atoms with van der Waals surface area (Å²) in [6.07, 6.45) is 0. The number of aromatic nitrogens is 3. The van der Waals surface area contributed by atoms with Gasteiger partial charge in [0, 0.05) is 11.1 Å². The fourth-order valence-electron chi connectivity index (χ4n) is 3.45. The van der Waals surface area contributed by atoms with Crippen molar-refractivity contribution >= 4 is 0 Å². The van der Waals surface area contributed by atoms with Crippen LogP contribution >= 0.6 is 0 Å². The van der Waals surface area contributed by atoms with Crippen molar-refractivity contribution in [1.82, 2.24) is 15.0 Å². The number of nitrogens with zero attached hydrogens (tertiary/aromatic N) is 3. The zero-order chi connectivity index (χ0) is 21.0. The smallest absolute Gasteiger partial charge is 0.167 e. The molecule has 1 aromatic heterocycles. The number of halogens is 1. The predicted octanol–water partition coefficient (Wildman–Crippen LogP) is 6.68. The molecule has 0 saturated carbocycles. The zero-order valence-electron chi connectivity index (χ0n) is 16.6. The summed E-state index contributed by atoms with van der Waals surface area (Å²) in [5.41, 5.74) is 4.22. The van der Waals surface area contributed by atoms with Crippen molar-refractivity contribution in [1.29, 1.82) is 0 Å². The average Bonchev–Trinajstić information content (AvgIpc) is 2.85. The standard InChI is InChI=1S/C27H18FN3/c28-24-17-8-7-16-23(24)27-30-25(20-12-5-2-6-13-20)29-26(31-27)22-15-9-14-21(18-22)19-10-3-1-4-11-19/h1-18H. The molecule has 1 heterocycles. The van der Waals surface area contributed by atoms with Crippen LogP contribution < -0.4 is 0 Å². The molecular formula is C27H18FN3. The van der Waals surface area contributed by atoms with Crippen molar-refractivity contribution in [2.45, 2.75) is 0 Å². The maximum atomic E-state index is 14.5. The molecule has 0 bridgehead atoms. The monoisotopic (exact) mass is 403 g/mol. The van der Waals surface area contributed by atoms with Crippen LogP contribution in [0.3, 0.4) is 0 Å². The molecule has 0 fully saturated rings. The molecule has 0 radical (unpaired) electrons. The van der Waals surface area contributed by atoms with E-state index in [-0.39, 0.29) is 5.82 Å². The van der Waals surface area contributed by atoms with Crippen LogP contribution in [0.5, 0.6) is 0 Å². The second-order valence-corrected chi connectivity index (χ2v) is 7.10. The lowest BCUT2D eigenvalue weighted by molar-refractivity contribution is 0.630. The van der Waals surface area contributed by atoms with Crippen molar-refractivity contribution in [2.24, 2.45) is 0 Å². The summed E-state index contributed by atoms with van der Waals surface area (Å²) >= 11 is 0. The first-order chi connectivity index (χ1) is 15.3. The lowest BCUT2D eigenvalue weighted by atomic mass is 10.0. The minimum absolute atomic E-state index is 0.312. The van der Waals surface area contributed by atoms with Crippen LogP contribution in [0, 0.1) is 5.82 Å². The van der Waals surface area contributed by atoms with E-state index in [1.165, 1.54) is 6.07 Å². The molecule has 0 aliphatic rings. The Bertz CT molecular complexity index is 1340. The van der Waals surface area contributed by atoms with E-state index in [4.69, 9.17) is 4.98 Å². The van der Waals surface area contributed by atoms with E-state index in [2.05, 4.69) is 28.2 Å². The topological polar surface area (TPSA) is 38.7 Å². The van der Waals surface area contributed by atoms with E-state index in [1.54, 1.807) is 18.2 Å². The van der Waals surface area contributed by atoms with Gasteiger partial charge in [-0.1, -0.05) is 91.0 Å². The fourth-order valence-corrected chi connectivity index (χ4v) is 3.45. The van der Waals surface area contributed by atoms with Crippen molar-refractivity contribution in [3.05, 3.63) is 115 Å². The van der Waals surface area contributed by atoms with Crippen LogP contribution in [0.2, 0.25) is 0 Å². The van der Waals surface area contributed by atoms with Gasteiger partial charge < -0.3 is 0 Å². The van der Waals surface area contributed by atoms with Crippen LogP contribution in [-0.2, 0) is 0 Å². The van der Waals surface area contributed by atoms with Crippen LogP contribution in [-0.4, -0.2) is 15.0 Å². The van der Waals surface area contributed by atoms with Gasteiger partial charge in [-0.2, -0.15) is 0 Å². The lowest BCUT2D eigenvalue weighted by Crippen LogP contribution is -2.01. The van der Waals surface area contributed by atoms with E-state index in [1.807, 2.05) is 66.7 Å². The first-order valence-electron chi connectivity index (χ1n) is 10.0. The third kappa shape index (κ3) is 3.96. The van der Waals surface area contributed by atoms with Crippen molar-refractivity contribution in [2.75, 3.05) is 0 Å². The van der Waals surface area contributed by atoms with Crippen LogP contribution in [0.1, 0.15) is 0 Å². The van der Waals surface area contributed by atoms with Gasteiger partial charge in [-0.3, -0.25) is 0 Å². The summed E-state index contributed by atoms with van der Waals surface area (Å²) in [6, 6.07) is 34.4. The van der Waals surface area contributed by atoms with Gasteiger partial charge in [0.15, 0.2) is 17.5 Å². The summed E-state index contributed by atoms with van der Waals surface area (Å²) in [5, 5.41) is 0. The summed E-state index contributed by atoms with van der Waals surface area (Å²) in [5.74, 6) is 0.961. The summed E-state index contributed by atoms with van der Waals surface area (Å²) in [7, 11) is 0. The van der Waals surface area contributed by atoms with Gasteiger partial charge in [0.05, 0.1) is 5.56 Å². The number of hydrogen-bond acceptors (Lipinski definition) is 3. The van der Waals surface area contributed by atoms with E-state index in [0.29, 0.717) is 23.0 Å². The van der Waals surface area contributed by atoms with E-state index < -0.39 is 0 Å². The molecule has 0 unspecified atom stereocenters. The highest BCUT2D eigenvalue weighted by atomic mass is 19.1. The third-order valence-corrected chi connectivity index (χ3v) is 5.01. The fraction of sp³-hybridized carbons (Fsp3) is 0. The molecule has 4 aromatic carbocycles. The molecule has 0 saturated heterocycles. The molecule has 0 spiro atoms. The number of hydrogen-bond donors (Lipinski definition) is 0. The Morgan fingerprint density at radius 2 is 0.935 bits per heavy atom. The lowest BCUT2D eigenvalue weighted by Gasteiger charge is -2.10. The largest absolute Gasteiger partial charge is 0.208 e. The molecule has 0 aliphatic heterocycles. The second-order valence-electron chi connectivity index (χ2n) is 7.10. The highest BCUT2D eigenvalue weighted by molar-refractivity contribution is 5.72. The third-order valence-electron chi connectivity index (χ3n) is 5.01. The maximum absolute atomic E-state index is 14.5. The molecule has 0 aliphatic carbocycles. The van der Waals surface area contributed by atoms with Crippen LogP contribution in [0.4, 0.5) is 4.39 Å². The molecule has 3 nitrogen and oxygen atoms in total. The summed E-state index contributed by atoms with van der Waals surface area (Å²) in [4.78, 5) is 13.9. The van der Waals surface area contributed by atoms with Gasteiger partial charge >= 0.3 is 0 Å². The van der Waals surface area contributed by atoms with Crippen LogP contribution in [0.25, 0.3) is 45.3 Å². The van der Waals surface area contributed by atoms with Gasteiger partial charge in [0.25, 0.3) is 0 Å². The zero-order valence-corrected chi connectivity index (χ0v) is 16.6. The first-order valence-corrected chi connectivity index (χ1v) is 10.0. The first kappa shape index (κ1) is 18.8. The molecule has 0 amide bonds. The molecule has 4 heteroatoms. The van der Waals surface area contributed by atoms with Gasteiger partial charge in [0.1, 0.15) is 5.82 Å². The number of rotatable bonds is 4. The summed E-state index contributed by atoms with van der Waals surface area (Å²) in [6.45, 7) is 0. The van der Waals surface area contributed by atoms with Crippen molar-refractivity contribution < 1.29 is 4.39 Å². The van der Waals surface area contributed by atoms with E-state index in [0.717, 1.165) is 22.3 Å². The Morgan fingerprint density at radius 3 is 1.65 bits per heavy atom. The number of benzene rings is 4. The van der Waals surface area contributed by atoms with Crippen molar-refractivity contribution in [3.63, 3.8) is 0 Å². The van der Waals surface area contributed by atoms with Gasteiger partial charge in [-0.05, 0) is 29.3 Å². The maximum Gasteiger partial charge on any atom is 0.167 e. The van der Waals surface area contributed by atoms with Gasteiger partial charge in [-0.25, -0.2) is 19.3 Å². The second kappa shape index (κ2) is 8.28. The Kier molecular flexibility index (Phi) is 5.03. The predicted molar refractivity (Wildman–Crippen MR) is 122 cm³/mol. The molecule has 148 valence electrons. The molecular weight excluding hydrogens is 385 g/mol. The summed E-state index contributed by atoms with van der Waals surface area (Å²) < 4.78 is 14.5. The Balaban J connectivity index is 1.69. The minimum Gasteiger partial charge on any atom is -0.208 e. The average molecular weight is 403 g/mol. The highest BCUT2D eigenvalue weighted by Gasteiger charge is 2.14. The molecule has 5 rings (SSSR count). The Hall–Kier alpha value is -4.18. The van der Waals surface area contributed by atoms with Crippen molar-refractivity contribution in [3.8, 4) is 45.3 Å². The Labute approximate surface area is 179 Å². The van der Waals surface area contributed by atoms with E-state index in [9.17, 15) is 4.39 Å². The van der Waals surface area contributed by atoms with Gasteiger partial charge in [-0.15, -0.1) is 0 Å². The van der Waals surface area contributed by atoms with E-state index >= 15 is 0 Å². The quantitative estimate of drug-likeness (QED) is 0.336. The molecule has 0 N–H and O–H groups in total. The molecule has 0 atom stereocenters. The SMILES string of the molecule is Fc1ccccc1-c1nc(-c2ccccc2)nc(-c2cccc(-c3ccccc3)c2)n1. The molecule has 31 heavy (non-hydrogen) atoms. The van der Waals surface area contributed by atoms with Gasteiger partial charge in [0.2, 0.25) is 0 Å². The normalized spacial score (nSPS) is 10.7. The molecule has 5 aromatic rings. The minimum atomic E-state index is -0.364. The Morgan fingerprint density at radius 1 is 0.419 bits per heavy atom. The highest BCUT2D eigenvalue weighted by Crippen LogP contribution is 2.28. The van der Waals surface area contributed by atoms with Crippen LogP contribution in [0.15, 0.2) is 109 Å².